The first-order chi connectivity index (χ1) is 9.40. The van der Waals surface area contributed by atoms with Crippen LogP contribution in [0.25, 0.3) is 0 Å². The molecule has 0 N–H and O–H groups in total. The molecule has 0 bridgehead atoms. The standard InChI is InChI=1S/C14H17FN2O3/c1-9(2)11-6-13(18)16(8-11)7-10-4-3-5-12(14(10)15)17(19)20/h3-5,9,11H,6-8H2,1-2H3. The molecular formula is C14H17FN2O3. The van der Waals surface area contributed by atoms with E-state index in [4.69, 9.17) is 0 Å². The second-order valence-corrected chi connectivity index (χ2v) is 5.49. The van der Waals surface area contributed by atoms with Crippen molar-refractivity contribution in [3.63, 3.8) is 0 Å². The van der Waals surface area contributed by atoms with Gasteiger partial charge in [-0.2, -0.15) is 4.39 Å². The maximum Gasteiger partial charge on any atom is 0.305 e. The Hall–Kier alpha value is -1.98. The van der Waals surface area contributed by atoms with E-state index in [1.54, 1.807) is 4.90 Å². The van der Waals surface area contributed by atoms with Crippen LogP contribution < -0.4 is 0 Å². The van der Waals surface area contributed by atoms with Crippen LogP contribution in [-0.4, -0.2) is 22.3 Å². The Morgan fingerprint density at radius 3 is 2.75 bits per heavy atom. The second kappa shape index (κ2) is 5.56. The van der Waals surface area contributed by atoms with Gasteiger partial charge in [0.1, 0.15) is 0 Å². The van der Waals surface area contributed by atoms with E-state index in [-0.39, 0.29) is 23.9 Å². The first-order valence-electron chi connectivity index (χ1n) is 6.59. The first-order valence-corrected chi connectivity index (χ1v) is 6.59. The number of carbonyl (C=O) groups excluding carboxylic acids is 1. The molecule has 1 unspecified atom stereocenters. The second-order valence-electron chi connectivity index (χ2n) is 5.49. The van der Waals surface area contributed by atoms with Gasteiger partial charge in [0.05, 0.1) is 4.92 Å². The van der Waals surface area contributed by atoms with Crippen LogP contribution in [-0.2, 0) is 11.3 Å². The Labute approximate surface area is 116 Å². The Kier molecular flexibility index (Phi) is 4.01. The van der Waals surface area contributed by atoms with Crippen molar-refractivity contribution < 1.29 is 14.1 Å². The summed E-state index contributed by atoms with van der Waals surface area (Å²) in [5, 5.41) is 10.7. The quantitative estimate of drug-likeness (QED) is 0.629. The van der Waals surface area contributed by atoms with Crippen molar-refractivity contribution in [3.8, 4) is 0 Å². The molecule has 0 radical (unpaired) electrons. The fourth-order valence-corrected chi connectivity index (χ4v) is 2.44. The number of nitro benzene ring substituents is 1. The van der Waals surface area contributed by atoms with Gasteiger partial charge in [0.25, 0.3) is 0 Å². The lowest BCUT2D eigenvalue weighted by Gasteiger charge is -2.18. The number of carbonyl (C=O) groups is 1. The van der Waals surface area contributed by atoms with Crippen molar-refractivity contribution in [2.45, 2.75) is 26.8 Å². The largest absolute Gasteiger partial charge is 0.338 e. The molecule has 0 spiro atoms. The third-order valence-electron chi connectivity index (χ3n) is 3.80. The molecule has 1 heterocycles. The van der Waals surface area contributed by atoms with E-state index in [0.29, 0.717) is 18.9 Å². The molecule has 1 aliphatic heterocycles. The van der Waals surface area contributed by atoms with Crippen molar-refractivity contribution in [1.29, 1.82) is 0 Å². The molecule has 1 saturated heterocycles. The monoisotopic (exact) mass is 280 g/mol. The summed E-state index contributed by atoms with van der Waals surface area (Å²) >= 11 is 0. The molecule has 108 valence electrons. The maximum atomic E-state index is 14.0. The summed E-state index contributed by atoms with van der Waals surface area (Å²) in [7, 11) is 0. The van der Waals surface area contributed by atoms with E-state index in [0.717, 1.165) is 6.07 Å². The molecule has 1 amide bonds. The molecule has 0 aromatic heterocycles. The molecule has 0 saturated carbocycles. The van der Waals surface area contributed by atoms with E-state index in [2.05, 4.69) is 13.8 Å². The zero-order chi connectivity index (χ0) is 14.9. The molecule has 6 heteroatoms. The number of nitro groups is 1. The molecule has 20 heavy (non-hydrogen) atoms. The number of nitrogens with zero attached hydrogens (tertiary/aromatic N) is 2. The molecule has 5 nitrogen and oxygen atoms in total. The molecule has 1 aromatic carbocycles. The van der Waals surface area contributed by atoms with Gasteiger partial charge in [0.15, 0.2) is 0 Å². The number of hydrogen-bond acceptors (Lipinski definition) is 3. The van der Waals surface area contributed by atoms with Gasteiger partial charge < -0.3 is 4.90 Å². The molecule has 1 fully saturated rings. The highest BCUT2D eigenvalue weighted by Crippen LogP contribution is 2.28. The lowest BCUT2D eigenvalue weighted by Crippen LogP contribution is -2.25. The van der Waals surface area contributed by atoms with Crippen LogP contribution >= 0.6 is 0 Å². The number of rotatable bonds is 4. The highest BCUT2D eigenvalue weighted by atomic mass is 19.1. The maximum absolute atomic E-state index is 14.0. The Balaban J connectivity index is 2.17. The van der Waals surface area contributed by atoms with E-state index < -0.39 is 16.4 Å². The summed E-state index contributed by atoms with van der Waals surface area (Å²) in [5.41, 5.74) is -0.355. The zero-order valence-corrected chi connectivity index (χ0v) is 11.5. The molecule has 2 rings (SSSR count). The van der Waals surface area contributed by atoms with Crippen LogP contribution in [0.2, 0.25) is 0 Å². The number of amides is 1. The summed E-state index contributed by atoms with van der Waals surface area (Å²) in [6.45, 7) is 4.78. The third kappa shape index (κ3) is 2.79. The Morgan fingerprint density at radius 1 is 1.50 bits per heavy atom. The number of halogens is 1. The van der Waals surface area contributed by atoms with Crippen molar-refractivity contribution in [2.24, 2.45) is 11.8 Å². The van der Waals surface area contributed by atoms with Crippen LogP contribution in [0.5, 0.6) is 0 Å². The molecule has 0 aliphatic carbocycles. The normalized spacial score (nSPS) is 18.9. The lowest BCUT2D eigenvalue weighted by atomic mass is 9.95. The number of benzene rings is 1. The zero-order valence-electron chi connectivity index (χ0n) is 11.5. The van der Waals surface area contributed by atoms with Gasteiger partial charge in [-0.3, -0.25) is 14.9 Å². The van der Waals surface area contributed by atoms with Gasteiger partial charge in [-0.1, -0.05) is 26.0 Å². The number of likely N-dealkylation sites (tertiary alicyclic amines) is 1. The first kappa shape index (κ1) is 14.4. The van der Waals surface area contributed by atoms with Crippen LogP contribution in [0.15, 0.2) is 18.2 Å². The Morgan fingerprint density at radius 2 is 2.20 bits per heavy atom. The molecule has 1 atom stereocenters. The van der Waals surface area contributed by atoms with Gasteiger partial charge in [-0.25, -0.2) is 0 Å². The van der Waals surface area contributed by atoms with E-state index >= 15 is 0 Å². The third-order valence-corrected chi connectivity index (χ3v) is 3.80. The van der Waals surface area contributed by atoms with E-state index in [1.165, 1.54) is 12.1 Å². The number of hydrogen-bond donors (Lipinski definition) is 0. The minimum absolute atomic E-state index is 0.0189. The van der Waals surface area contributed by atoms with Crippen LogP contribution in [0.1, 0.15) is 25.8 Å². The summed E-state index contributed by atoms with van der Waals surface area (Å²) in [6, 6.07) is 4.05. The van der Waals surface area contributed by atoms with Crippen molar-refractivity contribution in [1.82, 2.24) is 4.90 Å². The minimum Gasteiger partial charge on any atom is -0.338 e. The minimum atomic E-state index is -0.849. The summed E-state index contributed by atoms with van der Waals surface area (Å²) in [4.78, 5) is 23.4. The van der Waals surface area contributed by atoms with Gasteiger partial charge >= 0.3 is 5.69 Å². The van der Waals surface area contributed by atoms with Crippen LogP contribution in [0, 0.1) is 27.8 Å². The Bertz CT molecular complexity index is 545. The average molecular weight is 280 g/mol. The highest BCUT2D eigenvalue weighted by Gasteiger charge is 2.32. The van der Waals surface area contributed by atoms with Crippen LogP contribution in [0.4, 0.5) is 10.1 Å². The smallest absolute Gasteiger partial charge is 0.305 e. The van der Waals surface area contributed by atoms with Gasteiger partial charge in [-0.05, 0) is 11.8 Å². The topological polar surface area (TPSA) is 63.5 Å². The fraction of sp³-hybridized carbons (Fsp3) is 0.500. The predicted octanol–water partition coefficient (Wildman–Crippen LogP) is 2.74. The summed E-state index contributed by atoms with van der Waals surface area (Å²) in [6.07, 6.45) is 0.466. The van der Waals surface area contributed by atoms with Crippen molar-refractivity contribution in [2.75, 3.05) is 6.54 Å². The van der Waals surface area contributed by atoms with Crippen molar-refractivity contribution >= 4 is 11.6 Å². The van der Waals surface area contributed by atoms with Crippen LogP contribution in [0.3, 0.4) is 0 Å². The molecule has 1 aromatic rings. The lowest BCUT2D eigenvalue weighted by molar-refractivity contribution is -0.387. The van der Waals surface area contributed by atoms with Gasteiger partial charge in [0.2, 0.25) is 11.7 Å². The van der Waals surface area contributed by atoms with Gasteiger partial charge in [-0.15, -0.1) is 0 Å². The summed E-state index contributed by atoms with van der Waals surface area (Å²) < 4.78 is 14.0. The molecule has 1 aliphatic rings. The van der Waals surface area contributed by atoms with E-state index in [1.807, 2.05) is 0 Å². The highest BCUT2D eigenvalue weighted by molar-refractivity contribution is 5.78. The fourth-order valence-electron chi connectivity index (χ4n) is 2.44. The predicted molar refractivity (Wildman–Crippen MR) is 71.4 cm³/mol. The summed E-state index contributed by atoms with van der Waals surface area (Å²) in [5.74, 6) is -0.212. The van der Waals surface area contributed by atoms with Gasteiger partial charge in [0, 0.05) is 31.1 Å². The SMILES string of the molecule is CC(C)C1CC(=O)N(Cc2cccc([N+](=O)[O-])c2F)C1. The molecular weight excluding hydrogens is 263 g/mol. The average Bonchev–Trinajstić information content (AvgIpc) is 2.73. The van der Waals surface area contributed by atoms with E-state index in [9.17, 15) is 19.3 Å². The van der Waals surface area contributed by atoms with Crippen molar-refractivity contribution in [3.05, 3.63) is 39.7 Å².